The number of carbonyl (C=O) groups excluding carboxylic acids is 2. The van der Waals surface area contributed by atoms with Gasteiger partial charge in [0.05, 0.1) is 6.61 Å². The van der Waals surface area contributed by atoms with Crippen LogP contribution in [0.25, 0.3) is 0 Å². The molecule has 6 nitrogen and oxygen atoms in total. The quantitative estimate of drug-likeness (QED) is 0.539. The minimum atomic E-state index is -1.19. The smallest absolute Gasteiger partial charge is 0.450 e. The van der Waals surface area contributed by atoms with Gasteiger partial charge in [-0.2, -0.15) is 0 Å². The first kappa shape index (κ1) is 14.9. The van der Waals surface area contributed by atoms with Crippen LogP contribution < -0.4 is 0 Å². The van der Waals surface area contributed by atoms with Crippen LogP contribution in [0.5, 0.6) is 0 Å². The SMILES string of the molecule is CC(=O)OC(C)=O.CCCOC(=O)O. The molecular weight excluding hydrogens is 192 g/mol. The fourth-order valence-corrected chi connectivity index (χ4v) is 0.392. The summed E-state index contributed by atoms with van der Waals surface area (Å²) in [4.78, 5) is 29.2. The minimum absolute atomic E-state index is 0.301. The van der Waals surface area contributed by atoms with E-state index < -0.39 is 18.1 Å². The van der Waals surface area contributed by atoms with Crippen LogP contribution in [0.4, 0.5) is 4.79 Å². The average Bonchev–Trinajstić information content (AvgIpc) is 1.99. The van der Waals surface area contributed by atoms with Crippen molar-refractivity contribution >= 4 is 18.1 Å². The normalized spacial score (nSPS) is 7.93. The van der Waals surface area contributed by atoms with Gasteiger partial charge in [-0.1, -0.05) is 6.92 Å². The van der Waals surface area contributed by atoms with Crippen LogP contribution in [0, 0.1) is 0 Å². The Hall–Kier alpha value is -1.59. The van der Waals surface area contributed by atoms with E-state index in [0.29, 0.717) is 6.61 Å². The van der Waals surface area contributed by atoms with E-state index in [1.807, 2.05) is 6.92 Å². The van der Waals surface area contributed by atoms with E-state index in [-0.39, 0.29) is 0 Å². The van der Waals surface area contributed by atoms with Crippen molar-refractivity contribution in [2.75, 3.05) is 6.61 Å². The third-order valence-corrected chi connectivity index (χ3v) is 0.717. The van der Waals surface area contributed by atoms with Gasteiger partial charge in [-0.15, -0.1) is 0 Å². The van der Waals surface area contributed by atoms with Gasteiger partial charge in [0.2, 0.25) is 0 Å². The van der Waals surface area contributed by atoms with E-state index in [1.165, 1.54) is 13.8 Å². The molecule has 1 N–H and O–H groups in total. The van der Waals surface area contributed by atoms with Crippen LogP contribution in [0.1, 0.15) is 27.2 Å². The number of hydrogen-bond donors (Lipinski definition) is 1. The van der Waals surface area contributed by atoms with Crippen molar-refractivity contribution in [3.63, 3.8) is 0 Å². The van der Waals surface area contributed by atoms with Crippen LogP contribution >= 0.6 is 0 Å². The average molecular weight is 206 g/mol. The van der Waals surface area contributed by atoms with Crippen molar-refractivity contribution in [3.8, 4) is 0 Å². The highest BCUT2D eigenvalue weighted by atomic mass is 16.7. The lowest BCUT2D eigenvalue weighted by Crippen LogP contribution is -2.03. The second-order valence-corrected chi connectivity index (χ2v) is 2.20. The first-order valence-corrected chi connectivity index (χ1v) is 3.94. The molecule has 0 saturated heterocycles. The first-order valence-electron chi connectivity index (χ1n) is 3.94. The molecule has 0 aromatic carbocycles. The maximum absolute atomic E-state index is 9.81. The van der Waals surface area contributed by atoms with Crippen molar-refractivity contribution in [3.05, 3.63) is 0 Å². The number of esters is 2. The molecule has 0 amide bonds. The predicted octanol–water partition coefficient (Wildman–Crippen LogP) is 1.19. The van der Waals surface area contributed by atoms with Crippen molar-refractivity contribution in [2.45, 2.75) is 27.2 Å². The summed E-state index contributed by atoms with van der Waals surface area (Å²) in [5.41, 5.74) is 0. The van der Waals surface area contributed by atoms with E-state index in [9.17, 15) is 14.4 Å². The summed E-state index contributed by atoms with van der Waals surface area (Å²) < 4.78 is 8.08. The Labute approximate surface area is 81.8 Å². The molecule has 0 rings (SSSR count). The Bertz CT molecular complexity index is 186. The number of hydrogen-bond acceptors (Lipinski definition) is 5. The van der Waals surface area contributed by atoms with Gasteiger partial charge < -0.3 is 14.6 Å². The van der Waals surface area contributed by atoms with Gasteiger partial charge >= 0.3 is 18.1 Å². The van der Waals surface area contributed by atoms with Crippen molar-refractivity contribution < 1.29 is 29.0 Å². The first-order chi connectivity index (χ1) is 6.40. The highest BCUT2D eigenvalue weighted by Crippen LogP contribution is 1.78. The lowest BCUT2D eigenvalue weighted by molar-refractivity contribution is -0.156. The van der Waals surface area contributed by atoms with Crippen molar-refractivity contribution in [2.24, 2.45) is 0 Å². The Morgan fingerprint density at radius 1 is 1.14 bits per heavy atom. The van der Waals surface area contributed by atoms with Crippen LogP contribution in [0.2, 0.25) is 0 Å². The molecule has 82 valence electrons. The molecule has 0 aliphatic heterocycles. The Balaban J connectivity index is 0. The number of ether oxygens (including phenoxy) is 2. The molecule has 0 heterocycles. The zero-order valence-corrected chi connectivity index (χ0v) is 8.40. The van der Waals surface area contributed by atoms with Crippen LogP contribution in [0.15, 0.2) is 0 Å². The number of carbonyl (C=O) groups is 3. The third-order valence-electron chi connectivity index (χ3n) is 0.717. The molecule has 0 fully saturated rings. The monoisotopic (exact) mass is 206 g/mol. The Kier molecular flexibility index (Phi) is 10.1. The zero-order chi connectivity index (χ0) is 11.6. The molecule has 0 aliphatic rings. The lowest BCUT2D eigenvalue weighted by atomic mass is 10.5. The molecule has 0 aromatic heterocycles. The van der Waals surface area contributed by atoms with Gasteiger partial charge in [0.15, 0.2) is 0 Å². The van der Waals surface area contributed by atoms with Crippen molar-refractivity contribution in [1.29, 1.82) is 0 Å². The molecule has 6 heteroatoms. The van der Waals surface area contributed by atoms with Crippen molar-refractivity contribution in [1.82, 2.24) is 0 Å². The molecule has 0 spiro atoms. The molecule has 0 unspecified atom stereocenters. The number of carboxylic acid groups (broad SMARTS) is 1. The van der Waals surface area contributed by atoms with Gasteiger partial charge in [0.25, 0.3) is 0 Å². The van der Waals surface area contributed by atoms with Crippen LogP contribution in [-0.2, 0) is 19.1 Å². The minimum Gasteiger partial charge on any atom is -0.450 e. The number of rotatable bonds is 2. The highest BCUT2D eigenvalue weighted by molar-refractivity contribution is 5.82. The van der Waals surface area contributed by atoms with Gasteiger partial charge in [-0.25, -0.2) is 4.79 Å². The summed E-state index contributed by atoms with van der Waals surface area (Å²) in [5.74, 6) is -1.12. The van der Waals surface area contributed by atoms with Gasteiger partial charge in [-0.05, 0) is 6.42 Å². The van der Waals surface area contributed by atoms with Crippen LogP contribution in [-0.4, -0.2) is 29.8 Å². The van der Waals surface area contributed by atoms with E-state index in [4.69, 9.17) is 5.11 Å². The maximum atomic E-state index is 9.81. The van der Waals surface area contributed by atoms with E-state index in [1.54, 1.807) is 0 Å². The summed E-state index contributed by atoms with van der Waals surface area (Å²) >= 11 is 0. The molecule has 0 bridgehead atoms. The second kappa shape index (κ2) is 9.50. The molecule has 0 aliphatic carbocycles. The molecule has 0 radical (unpaired) electrons. The molecule has 0 saturated carbocycles. The topological polar surface area (TPSA) is 89.9 Å². The summed E-state index contributed by atoms with van der Waals surface area (Å²) in [7, 11) is 0. The summed E-state index contributed by atoms with van der Waals surface area (Å²) in [6.45, 7) is 4.51. The fraction of sp³-hybridized carbons (Fsp3) is 0.625. The zero-order valence-electron chi connectivity index (χ0n) is 8.40. The lowest BCUT2D eigenvalue weighted by Gasteiger charge is -1.91. The maximum Gasteiger partial charge on any atom is 0.505 e. The summed E-state index contributed by atoms with van der Waals surface area (Å²) in [6, 6.07) is 0. The van der Waals surface area contributed by atoms with Gasteiger partial charge in [-0.3, -0.25) is 9.59 Å². The van der Waals surface area contributed by atoms with Gasteiger partial charge in [0.1, 0.15) is 0 Å². The molecule has 0 atom stereocenters. The summed E-state index contributed by atoms with van der Waals surface area (Å²) in [5, 5.41) is 7.82. The molecule has 14 heavy (non-hydrogen) atoms. The third kappa shape index (κ3) is 22.4. The largest absolute Gasteiger partial charge is 0.505 e. The second-order valence-electron chi connectivity index (χ2n) is 2.20. The van der Waals surface area contributed by atoms with Gasteiger partial charge in [0, 0.05) is 13.8 Å². The Morgan fingerprint density at radius 2 is 1.57 bits per heavy atom. The predicted molar refractivity (Wildman–Crippen MR) is 46.7 cm³/mol. The standard InChI is InChI=1S/C4H6O3.C4H8O3/c1-3(5)7-4(2)6;1-2-3-7-4(5)6/h1-2H3;2-3H2,1H3,(H,5,6). The highest BCUT2D eigenvalue weighted by Gasteiger charge is 1.93. The molecule has 0 aromatic rings. The summed E-state index contributed by atoms with van der Waals surface area (Å²) in [6.07, 6.45) is -0.450. The fourth-order valence-electron chi connectivity index (χ4n) is 0.392. The molecular formula is C8H14O6. The van der Waals surface area contributed by atoms with Crippen LogP contribution in [0.3, 0.4) is 0 Å². The van der Waals surface area contributed by atoms with E-state index in [2.05, 4.69) is 9.47 Å². The van der Waals surface area contributed by atoms with E-state index in [0.717, 1.165) is 6.42 Å². The Morgan fingerprint density at radius 3 is 1.64 bits per heavy atom. The van der Waals surface area contributed by atoms with E-state index >= 15 is 0 Å².